The summed E-state index contributed by atoms with van der Waals surface area (Å²) in [6.07, 6.45) is 8.87. The van der Waals surface area contributed by atoms with Gasteiger partial charge < -0.3 is 4.57 Å². The van der Waals surface area contributed by atoms with E-state index < -0.39 is 21.5 Å². The highest BCUT2D eigenvalue weighted by Crippen LogP contribution is 2.41. The molecular weight excluding hydrogens is 703 g/mol. The molecule has 0 N–H and O–H groups in total. The summed E-state index contributed by atoms with van der Waals surface area (Å²) in [4.78, 5) is 29.7. The molecule has 0 radical (unpaired) electrons. The first-order valence-electron chi connectivity index (χ1n) is 19.2. The van der Waals surface area contributed by atoms with Gasteiger partial charge in [0.15, 0.2) is 0 Å². The normalized spacial score (nSPS) is 18.4. The predicted octanol–water partition coefficient (Wildman–Crippen LogP) is 9.65. The fourth-order valence-electron chi connectivity index (χ4n) is 8.70. The van der Waals surface area contributed by atoms with Crippen molar-refractivity contribution in [3.8, 4) is 11.4 Å². The average molecular weight is 746 g/mol. The Labute approximate surface area is 322 Å². The number of hydrogen-bond donors (Lipinski definition) is 0. The molecule has 9 rings (SSSR count). The Morgan fingerprint density at radius 1 is 0.818 bits per heavy atom. The number of carbonyl (C=O) groups is 1. The fourth-order valence-corrected chi connectivity index (χ4v) is 10.1. The summed E-state index contributed by atoms with van der Waals surface area (Å²) in [5.74, 6) is 0.236. The molecule has 55 heavy (non-hydrogen) atoms. The number of nitrogens with zero attached hydrogens (tertiary/aromatic N) is 5. The number of sulfonamides is 1. The maximum atomic E-state index is 14.9. The van der Waals surface area contributed by atoms with E-state index in [0.29, 0.717) is 18.5 Å². The van der Waals surface area contributed by atoms with Gasteiger partial charge >= 0.3 is 0 Å². The van der Waals surface area contributed by atoms with E-state index >= 15 is 0 Å². The van der Waals surface area contributed by atoms with Gasteiger partial charge in [-0.3, -0.25) is 14.8 Å². The summed E-state index contributed by atoms with van der Waals surface area (Å²) < 4.78 is 32.5. The zero-order valence-corrected chi connectivity index (χ0v) is 32.0. The van der Waals surface area contributed by atoms with Crippen molar-refractivity contribution in [2.75, 3.05) is 4.31 Å². The van der Waals surface area contributed by atoms with Gasteiger partial charge in [-0.2, -0.15) is 4.31 Å². The van der Waals surface area contributed by atoms with Gasteiger partial charge in [-0.15, -0.1) is 0 Å². The molecule has 1 unspecified atom stereocenters. The number of amides is 1. The molecule has 1 aliphatic carbocycles. The SMILES string of the molecule is CC1=NCc2ccc(-c3nc4cc(C(=O)N(c5ccc6c(c5)CC=NC6(C)c5ccccc5)S(=O)(=O)c5ccccc5)ccc4n3C3CCCCC3)cc2C1. The van der Waals surface area contributed by atoms with Crippen LogP contribution in [0.5, 0.6) is 0 Å². The van der Waals surface area contributed by atoms with Crippen LogP contribution in [0, 0.1) is 0 Å². The van der Waals surface area contributed by atoms with Gasteiger partial charge in [-0.25, -0.2) is 13.4 Å². The van der Waals surface area contributed by atoms with Gasteiger partial charge in [0, 0.05) is 41.9 Å². The third-order valence-corrected chi connectivity index (χ3v) is 13.3. The smallest absolute Gasteiger partial charge is 0.272 e. The highest BCUT2D eigenvalue weighted by molar-refractivity contribution is 7.93. The van der Waals surface area contributed by atoms with Crippen LogP contribution in [0.3, 0.4) is 0 Å². The van der Waals surface area contributed by atoms with Crippen molar-refractivity contribution in [2.45, 2.75) is 81.8 Å². The average Bonchev–Trinajstić information content (AvgIpc) is 3.60. The number of aromatic nitrogens is 2. The molecule has 1 fully saturated rings. The van der Waals surface area contributed by atoms with Crippen LogP contribution in [0.15, 0.2) is 130 Å². The molecule has 5 aromatic carbocycles. The molecule has 1 aromatic heterocycles. The topological polar surface area (TPSA) is 97.0 Å². The highest BCUT2D eigenvalue weighted by atomic mass is 32.2. The van der Waals surface area contributed by atoms with Crippen molar-refractivity contribution in [1.82, 2.24) is 9.55 Å². The standard InChI is InChI=1S/C46H43N5O3S/c1-31-26-36-27-33(18-19-35(36)30-47-31)44-49-42-29-34(20-23-43(42)50(44)38-14-8-4-9-15-38)45(52)51(55(53,54)40-16-10-5-11-17-40)39-21-22-41-32(28-39)24-25-48-46(41,2)37-12-6-3-7-13-37/h3,5-7,10-13,16-23,25,27-29,38H,4,8-9,14-15,24,26,30H2,1-2H3. The lowest BCUT2D eigenvalue weighted by molar-refractivity contribution is 0.101. The third-order valence-electron chi connectivity index (χ3n) is 11.6. The number of imidazole rings is 1. The molecule has 3 heterocycles. The molecule has 1 amide bonds. The summed E-state index contributed by atoms with van der Waals surface area (Å²) in [5, 5.41) is 0. The van der Waals surface area contributed by atoms with E-state index in [1.807, 2.05) is 42.6 Å². The third kappa shape index (κ3) is 6.20. The van der Waals surface area contributed by atoms with Crippen molar-refractivity contribution >= 4 is 44.6 Å². The summed E-state index contributed by atoms with van der Waals surface area (Å²) in [7, 11) is -4.32. The van der Waals surface area contributed by atoms with Crippen molar-refractivity contribution < 1.29 is 13.2 Å². The Balaban J connectivity index is 1.16. The molecule has 2 aliphatic heterocycles. The maximum absolute atomic E-state index is 14.9. The number of aliphatic imine (C=N–C) groups is 2. The van der Waals surface area contributed by atoms with Crippen LogP contribution in [-0.2, 0) is 34.9 Å². The molecule has 276 valence electrons. The second-order valence-electron chi connectivity index (χ2n) is 15.2. The van der Waals surface area contributed by atoms with Gasteiger partial charge in [0.05, 0.1) is 28.2 Å². The number of hydrogen-bond acceptors (Lipinski definition) is 6. The predicted molar refractivity (Wildman–Crippen MR) is 220 cm³/mol. The Morgan fingerprint density at radius 2 is 1.58 bits per heavy atom. The number of carbonyl (C=O) groups excluding carboxylic acids is 1. The van der Waals surface area contributed by atoms with Crippen molar-refractivity contribution in [3.05, 3.63) is 149 Å². The number of benzene rings is 5. The molecule has 8 nitrogen and oxygen atoms in total. The first kappa shape index (κ1) is 35.1. The lowest BCUT2D eigenvalue weighted by Gasteiger charge is -2.33. The molecular formula is C46H43N5O3S. The summed E-state index contributed by atoms with van der Waals surface area (Å²) in [6.45, 7) is 4.83. The van der Waals surface area contributed by atoms with Crippen LogP contribution in [-0.4, -0.2) is 35.8 Å². The monoisotopic (exact) mass is 745 g/mol. The molecule has 1 saturated carbocycles. The van der Waals surface area contributed by atoms with E-state index in [1.54, 1.807) is 36.4 Å². The zero-order chi connectivity index (χ0) is 37.7. The van der Waals surface area contributed by atoms with Crippen LogP contribution in [0.25, 0.3) is 22.4 Å². The first-order chi connectivity index (χ1) is 26.7. The van der Waals surface area contributed by atoms with Crippen LogP contribution in [0.4, 0.5) is 5.69 Å². The first-order valence-corrected chi connectivity index (χ1v) is 20.7. The van der Waals surface area contributed by atoms with E-state index in [9.17, 15) is 13.2 Å². The molecule has 0 bridgehead atoms. The quantitative estimate of drug-likeness (QED) is 0.163. The molecule has 6 aromatic rings. The van der Waals surface area contributed by atoms with Gasteiger partial charge in [0.1, 0.15) is 11.4 Å². The maximum Gasteiger partial charge on any atom is 0.272 e. The van der Waals surface area contributed by atoms with Crippen LogP contribution in [0.1, 0.15) is 90.2 Å². The van der Waals surface area contributed by atoms with Crippen LogP contribution >= 0.6 is 0 Å². The zero-order valence-electron chi connectivity index (χ0n) is 31.2. The van der Waals surface area contributed by atoms with Crippen LogP contribution < -0.4 is 4.31 Å². The minimum absolute atomic E-state index is 0.0365. The number of rotatable bonds is 7. The van der Waals surface area contributed by atoms with Crippen LogP contribution in [0.2, 0.25) is 0 Å². The Bertz CT molecular complexity index is 2630. The van der Waals surface area contributed by atoms with Gasteiger partial charge in [-0.05, 0) is 103 Å². The summed E-state index contributed by atoms with van der Waals surface area (Å²) >= 11 is 0. The second kappa shape index (κ2) is 13.9. The molecule has 0 saturated heterocycles. The number of anilines is 1. The highest BCUT2D eigenvalue weighted by Gasteiger charge is 2.36. The summed E-state index contributed by atoms with van der Waals surface area (Å²) in [6, 6.07) is 36.0. The van der Waals surface area contributed by atoms with Crippen molar-refractivity contribution in [1.29, 1.82) is 0 Å². The Hall–Kier alpha value is -5.67. The van der Waals surface area contributed by atoms with E-state index in [1.165, 1.54) is 29.7 Å². The molecule has 3 aliphatic rings. The van der Waals surface area contributed by atoms with E-state index in [0.717, 1.165) is 75.7 Å². The van der Waals surface area contributed by atoms with E-state index in [2.05, 4.69) is 53.7 Å². The Morgan fingerprint density at radius 3 is 2.36 bits per heavy atom. The molecule has 1 atom stereocenters. The van der Waals surface area contributed by atoms with Gasteiger partial charge in [0.2, 0.25) is 0 Å². The Kier molecular flexibility index (Phi) is 8.84. The lowest BCUT2D eigenvalue weighted by atomic mass is 9.80. The molecule has 9 heteroatoms. The second-order valence-corrected chi connectivity index (χ2v) is 17.0. The fraction of sp³-hybridized carbons (Fsp3) is 0.261. The van der Waals surface area contributed by atoms with Gasteiger partial charge in [-0.1, -0.05) is 86.0 Å². The van der Waals surface area contributed by atoms with E-state index in [-0.39, 0.29) is 22.2 Å². The summed E-state index contributed by atoms with van der Waals surface area (Å²) in [5.41, 5.74) is 9.08. The minimum atomic E-state index is -4.32. The van der Waals surface area contributed by atoms with E-state index in [4.69, 9.17) is 9.98 Å². The van der Waals surface area contributed by atoms with Crippen molar-refractivity contribution in [2.24, 2.45) is 9.98 Å². The number of fused-ring (bicyclic) bond motifs is 3. The van der Waals surface area contributed by atoms with Gasteiger partial charge in [0.25, 0.3) is 15.9 Å². The largest absolute Gasteiger partial charge is 0.321 e. The molecule has 0 spiro atoms. The lowest BCUT2D eigenvalue weighted by Crippen LogP contribution is -2.37. The minimum Gasteiger partial charge on any atom is -0.321 e. The van der Waals surface area contributed by atoms with Crippen molar-refractivity contribution in [3.63, 3.8) is 0 Å².